The molecular weight excluding hydrogens is 316 g/mol. The van der Waals surface area contributed by atoms with E-state index in [0.29, 0.717) is 6.42 Å². The predicted molar refractivity (Wildman–Crippen MR) is 97.6 cm³/mol. The Morgan fingerprint density at radius 2 is 1.75 bits per heavy atom. The second-order valence-electron chi connectivity index (χ2n) is 7.28. The van der Waals surface area contributed by atoms with E-state index in [4.69, 9.17) is 0 Å². The summed E-state index contributed by atoms with van der Waals surface area (Å²) < 4.78 is 24.9. The Balaban J connectivity index is 1.56. The Morgan fingerprint density at radius 3 is 2.62 bits per heavy atom. The van der Waals surface area contributed by atoms with Gasteiger partial charge in [0.25, 0.3) is 0 Å². The summed E-state index contributed by atoms with van der Waals surface area (Å²) >= 11 is 0. The molecule has 2 aromatic rings. The summed E-state index contributed by atoms with van der Waals surface area (Å²) in [5.74, 6) is 0. The minimum atomic E-state index is -2.94. The monoisotopic (exact) mass is 336 g/mol. The van der Waals surface area contributed by atoms with Crippen LogP contribution in [0.2, 0.25) is 0 Å². The quantitative estimate of drug-likeness (QED) is 0.661. The summed E-state index contributed by atoms with van der Waals surface area (Å²) in [5.41, 5.74) is 7.89. The first kappa shape index (κ1) is 14.5. The Morgan fingerprint density at radius 1 is 0.917 bits per heavy atom. The number of hydrogen-bond acceptors (Lipinski definition) is 2. The second-order valence-corrected chi connectivity index (χ2v) is 9.73. The maximum Gasteiger partial charge on any atom is 0.159 e. The van der Waals surface area contributed by atoms with Crippen molar-refractivity contribution in [1.29, 1.82) is 0 Å². The van der Waals surface area contributed by atoms with E-state index >= 15 is 0 Å². The summed E-state index contributed by atoms with van der Waals surface area (Å²) in [4.78, 5) is 0. The number of hydrogen-bond donors (Lipinski definition) is 0. The smallest absolute Gasteiger partial charge is 0.159 e. The van der Waals surface area contributed by atoms with Crippen LogP contribution in [-0.2, 0) is 16.3 Å². The van der Waals surface area contributed by atoms with Gasteiger partial charge in [-0.15, -0.1) is 0 Å². The molecule has 1 fully saturated rings. The molecule has 3 aliphatic rings. The molecule has 2 unspecified atom stereocenters. The molecule has 1 saturated heterocycles. The summed E-state index contributed by atoms with van der Waals surface area (Å²) in [6.07, 6.45) is 6.36. The van der Waals surface area contributed by atoms with Gasteiger partial charge in [0.15, 0.2) is 9.84 Å². The van der Waals surface area contributed by atoms with Crippen LogP contribution in [0.5, 0.6) is 0 Å². The van der Waals surface area contributed by atoms with Crippen molar-refractivity contribution < 1.29 is 8.42 Å². The zero-order valence-corrected chi connectivity index (χ0v) is 14.4. The number of fused-ring (bicyclic) bond motifs is 5. The molecule has 24 heavy (non-hydrogen) atoms. The average Bonchev–Trinajstić information content (AvgIpc) is 2.91. The lowest BCUT2D eigenvalue weighted by molar-refractivity contribution is 0.518. The SMILES string of the molecule is O=S1(=O)C2C=C(c3ccc4c(c3)Cc3ccccc3-4)CC1CCC2. The first-order chi connectivity index (χ1) is 11.6. The molecule has 122 valence electrons. The number of rotatable bonds is 1. The van der Waals surface area contributed by atoms with E-state index in [-0.39, 0.29) is 10.5 Å². The molecule has 3 heteroatoms. The van der Waals surface area contributed by atoms with Gasteiger partial charge in [0.05, 0.1) is 10.5 Å². The fourth-order valence-corrected chi connectivity index (χ4v) is 6.87. The lowest BCUT2D eigenvalue weighted by Crippen LogP contribution is -2.38. The van der Waals surface area contributed by atoms with E-state index in [0.717, 1.165) is 25.7 Å². The molecule has 2 aromatic carbocycles. The molecule has 1 aliphatic carbocycles. The topological polar surface area (TPSA) is 34.1 Å². The first-order valence-electron chi connectivity index (χ1n) is 8.78. The fraction of sp³-hybridized carbons (Fsp3) is 0.333. The standard InChI is InChI=1S/C21H20O2S/c22-24(23)18-5-3-6-19(24)13-16(12-18)14-8-9-21-17(10-14)11-15-4-1-2-7-20(15)21/h1-2,4,7-10,12,18-19H,3,5-6,11,13H2. The van der Waals surface area contributed by atoms with E-state index < -0.39 is 9.84 Å². The van der Waals surface area contributed by atoms with Crippen LogP contribution in [0.3, 0.4) is 0 Å². The highest BCUT2D eigenvalue weighted by Crippen LogP contribution is 2.42. The molecule has 0 radical (unpaired) electrons. The maximum absolute atomic E-state index is 12.5. The van der Waals surface area contributed by atoms with E-state index in [1.165, 1.54) is 33.4 Å². The van der Waals surface area contributed by atoms with Crippen LogP contribution in [0.4, 0.5) is 0 Å². The average molecular weight is 336 g/mol. The zero-order valence-electron chi connectivity index (χ0n) is 13.5. The maximum atomic E-state index is 12.5. The van der Waals surface area contributed by atoms with Gasteiger partial charge in [-0.1, -0.05) is 55.0 Å². The van der Waals surface area contributed by atoms with Gasteiger partial charge in [0.2, 0.25) is 0 Å². The molecule has 0 aromatic heterocycles. The lowest BCUT2D eigenvalue weighted by atomic mass is 9.91. The summed E-state index contributed by atoms with van der Waals surface area (Å²) in [6, 6.07) is 15.3. The summed E-state index contributed by atoms with van der Waals surface area (Å²) in [5, 5.41) is -0.424. The van der Waals surface area contributed by atoms with Gasteiger partial charge in [0.1, 0.15) is 0 Å². The van der Waals surface area contributed by atoms with E-state index in [1.807, 2.05) is 6.08 Å². The molecule has 2 atom stereocenters. The van der Waals surface area contributed by atoms with Crippen LogP contribution in [0, 0.1) is 0 Å². The van der Waals surface area contributed by atoms with Crippen molar-refractivity contribution in [2.24, 2.45) is 0 Å². The summed E-state index contributed by atoms with van der Waals surface area (Å²) in [7, 11) is -2.94. The molecule has 2 bridgehead atoms. The van der Waals surface area contributed by atoms with Crippen molar-refractivity contribution in [2.75, 3.05) is 0 Å². The van der Waals surface area contributed by atoms with Crippen LogP contribution in [0.1, 0.15) is 42.4 Å². The number of allylic oxidation sites excluding steroid dienone is 1. The Kier molecular flexibility index (Phi) is 3.05. The van der Waals surface area contributed by atoms with Gasteiger partial charge in [-0.2, -0.15) is 0 Å². The van der Waals surface area contributed by atoms with Gasteiger partial charge in [-0.05, 0) is 59.1 Å². The van der Waals surface area contributed by atoms with Crippen molar-refractivity contribution in [1.82, 2.24) is 0 Å². The lowest BCUT2D eigenvalue weighted by Gasteiger charge is -2.33. The third-order valence-electron chi connectivity index (χ3n) is 5.90. The molecule has 0 spiro atoms. The molecule has 0 saturated carbocycles. The van der Waals surface area contributed by atoms with Gasteiger partial charge in [0, 0.05) is 0 Å². The van der Waals surface area contributed by atoms with Crippen molar-refractivity contribution in [2.45, 2.75) is 42.6 Å². The van der Waals surface area contributed by atoms with Gasteiger partial charge >= 0.3 is 0 Å². The van der Waals surface area contributed by atoms with Crippen LogP contribution in [-0.4, -0.2) is 18.9 Å². The minimum Gasteiger partial charge on any atom is -0.228 e. The van der Waals surface area contributed by atoms with Crippen molar-refractivity contribution in [3.63, 3.8) is 0 Å². The van der Waals surface area contributed by atoms with Crippen molar-refractivity contribution in [3.05, 3.63) is 65.2 Å². The largest absolute Gasteiger partial charge is 0.228 e. The molecular formula is C21H20O2S. The molecule has 2 aliphatic heterocycles. The zero-order chi connectivity index (χ0) is 16.3. The van der Waals surface area contributed by atoms with Gasteiger partial charge in [-0.3, -0.25) is 0 Å². The third-order valence-corrected chi connectivity index (χ3v) is 8.45. The van der Waals surface area contributed by atoms with E-state index in [2.05, 4.69) is 42.5 Å². The summed E-state index contributed by atoms with van der Waals surface area (Å²) in [6.45, 7) is 0. The first-order valence-corrected chi connectivity index (χ1v) is 10.4. The molecule has 2 nitrogen and oxygen atoms in total. The predicted octanol–water partition coefficient (Wildman–Crippen LogP) is 4.38. The number of sulfone groups is 1. The molecule has 5 rings (SSSR count). The normalized spacial score (nSPS) is 26.4. The van der Waals surface area contributed by atoms with Gasteiger partial charge in [-0.25, -0.2) is 8.42 Å². The molecule has 2 heterocycles. The van der Waals surface area contributed by atoms with Crippen LogP contribution < -0.4 is 0 Å². The van der Waals surface area contributed by atoms with Crippen LogP contribution in [0.25, 0.3) is 16.7 Å². The highest BCUT2D eigenvalue weighted by molar-refractivity contribution is 7.93. The second kappa shape index (κ2) is 5.06. The Hall–Kier alpha value is -1.87. The third kappa shape index (κ3) is 2.04. The van der Waals surface area contributed by atoms with Crippen LogP contribution in [0.15, 0.2) is 48.5 Å². The molecule has 0 amide bonds. The van der Waals surface area contributed by atoms with E-state index in [9.17, 15) is 8.42 Å². The molecule has 0 N–H and O–H groups in total. The van der Waals surface area contributed by atoms with Gasteiger partial charge < -0.3 is 0 Å². The minimum absolute atomic E-state index is 0.165. The van der Waals surface area contributed by atoms with Crippen LogP contribution >= 0.6 is 0 Å². The van der Waals surface area contributed by atoms with E-state index in [1.54, 1.807) is 0 Å². The number of benzene rings is 2. The highest BCUT2D eigenvalue weighted by atomic mass is 32.2. The van der Waals surface area contributed by atoms with Crippen molar-refractivity contribution in [3.8, 4) is 11.1 Å². The highest BCUT2D eigenvalue weighted by Gasteiger charge is 2.40. The van der Waals surface area contributed by atoms with Crippen molar-refractivity contribution >= 4 is 15.4 Å². The Labute approximate surface area is 143 Å². The fourth-order valence-electron chi connectivity index (χ4n) is 4.62. The Bertz CT molecular complexity index is 969.